The number of aromatic amines is 2. The first-order chi connectivity index (χ1) is 51.5. The second kappa shape index (κ2) is 40.7. The summed E-state index contributed by atoms with van der Waals surface area (Å²) in [6.45, 7) is 8.74. The lowest BCUT2D eigenvalue weighted by Crippen LogP contribution is -2.62. The van der Waals surface area contributed by atoms with Crippen LogP contribution in [0.3, 0.4) is 0 Å². The Labute approximate surface area is 627 Å². The van der Waals surface area contributed by atoms with Crippen molar-refractivity contribution in [2.24, 2.45) is 35.0 Å². The van der Waals surface area contributed by atoms with Crippen LogP contribution in [0.1, 0.15) is 110 Å². The Morgan fingerprint density at radius 1 is 0.463 bits per heavy atom. The minimum absolute atomic E-state index is 0.0668. The van der Waals surface area contributed by atoms with Gasteiger partial charge in [0.2, 0.25) is 53.2 Å². The number of H-pyrrole nitrogens is 2. The van der Waals surface area contributed by atoms with Crippen molar-refractivity contribution in [3.63, 3.8) is 0 Å². The summed E-state index contributed by atoms with van der Waals surface area (Å²) in [7, 11) is 0. The highest BCUT2D eigenvalue weighted by molar-refractivity contribution is 8.14. The SMILES string of the molecule is CC[C@H](C)[C@@H]1NC(=O)[C@H](Cc2ccc3ccccc3c2)NC(=O)S[C@@H](C(N)=O)NC(=O)[C@H](C(C)C)NC(=O)[C@H](Cc2c[nH]c3ccccc23)NC(=O)[C@@H](CCCCN)NC(=O)[C@@H](C(C)C)NC(=O)[C@H](Cc2c[nH]c3ccccc23)NC(=O)[C@@H](CC(=O)O)NC(=O)[C@@H](CCCCN)NC(=O)NC(=O)C(CO)NC1=O. The number of fused-ring (bicyclic) bond motifs is 3. The monoisotopic (exact) mass is 1510 g/mol. The number of carboxylic acid groups (broad SMARTS) is 1. The van der Waals surface area contributed by atoms with Crippen molar-refractivity contribution in [1.29, 1.82) is 0 Å². The highest BCUT2D eigenvalue weighted by Gasteiger charge is 2.40. The van der Waals surface area contributed by atoms with Gasteiger partial charge in [0.15, 0.2) is 5.37 Å². The van der Waals surface area contributed by atoms with E-state index in [4.69, 9.17) is 17.2 Å². The van der Waals surface area contributed by atoms with Gasteiger partial charge in [0.25, 0.3) is 17.1 Å². The number of nitrogens with one attached hydrogen (secondary N) is 14. The third kappa shape index (κ3) is 24.0. The van der Waals surface area contributed by atoms with Gasteiger partial charge < -0.3 is 95.9 Å². The fourth-order valence-electron chi connectivity index (χ4n) is 12.3. The molecule has 0 bridgehead atoms. The average Bonchev–Trinajstić information content (AvgIpc) is 1.57. The van der Waals surface area contributed by atoms with Crippen molar-refractivity contribution in [2.75, 3.05) is 19.7 Å². The molecule has 0 saturated carbocycles. The second-order valence-corrected chi connectivity index (χ2v) is 28.5. The van der Waals surface area contributed by atoms with Crippen molar-refractivity contribution in [3.05, 3.63) is 120 Å². The topological polar surface area (TPSA) is 533 Å². The van der Waals surface area contributed by atoms with Crippen LogP contribution >= 0.6 is 11.8 Å². The number of hydrogen-bond donors (Lipinski definition) is 19. The standard InChI is InChI=1S/C74H99N17O16S/c1-7-40(6)60-71(105)84-56(37-92)68(102)91-73(106)85-51(25-15-17-29-76)63(97)83-55(34-57(93)94)64(98)82-54(33-45-36-79-49-23-13-11-21-47(45)49)67(101)87-58(38(2)3)69(103)80-50(24-14-16-28-75)62(96)81-53(32-44-35-78-48-22-12-10-20-46(44)48)66(100)88-59(39(4)5)70(104)90-72(61(77)95)108-74(107)86-52(65(99)89-60)31-41-26-27-42-18-8-9-19-43(42)30-41/h8-13,18-23,26-27,30,35-36,38-40,50-56,58-60,72,78-79,92H,7,14-17,24-25,28-29,31-34,37,75-76H2,1-6H3,(H2,77,95)(H,80,103)(H,81,96)(H,82,98)(H,83,97)(H,84,105)(H,86,107)(H,87,101)(H,88,100)(H,89,99)(H,90,104)(H,93,94)(H2,85,91,102,106)/t40-,50+,51+,52-,53-,54-,55+,56?,58+,59-,60-,72-/m0/s1. The molecule has 3 heterocycles. The Bertz CT molecular complexity index is 4220. The van der Waals surface area contributed by atoms with Crippen molar-refractivity contribution in [1.82, 2.24) is 73.8 Å². The summed E-state index contributed by atoms with van der Waals surface area (Å²) in [6.07, 6.45) is 2.33. The summed E-state index contributed by atoms with van der Waals surface area (Å²) >= 11 is 0.178. The fourth-order valence-corrected chi connectivity index (χ4v) is 13.0. The summed E-state index contributed by atoms with van der Waals surface area (Å²) in [5.74, 6) is -15.5. The Morgan fingerprint density at radius 2 is 0.898 bits per heavy atom. The van der Waals surface area contributed by atoms with Crippen LogP contribution in [0, 0.1) is 17.8 Å². The summed E-state index contributed by atoms with van der Waals surface area (Å²) in [6, 6.07) is 8.97. The van der Waals surface area contributed by atoms with Crippen LogP contribution in [0.15, 0.2) is 103 Å². The molecule has 2 aromatic heterocycles. The van der Waals surface area contributed by atoms with E-state index in [-0.39, 0.29) is 82.6 Å². The number of aliphatic carboxylic acids is 1. The van der Waals surface area contributed by atoms with Crippen molar-refractivity contribution < 1.29 is 77.3 Å². The largest absolute Gasteiger partial charge is 0.481 e. The van der Waals surface area contributed by atoms with Crippen LogP contribution in [0.5, 0.6) is 0 Å². The fraction of sp³-hybridized carbons (Fsp3) is 0.459. The molecule has 22 N–H and O–H groups in total. The lowest BCUT2D eigenvalue weighted by atomic mass is 9.96. The summed E-state index contributed by atoms with van der Waals surface area (Å²) < 4.78 is 0. The Morgan fingerprint density at radius 3 is 1.40 bits per heavy atom. The van der Waals surface area contributed by atoms with Crippen LogP contribution in [-0.2, 0) is 76.8 Å². The second-order valence-electron chi connectivity index (χ2n) is 27.4. The van der Waals surface area contributed by atoms with Crippen molar-refractivity contribution in [3.8, 4) is 0 Å². The van der Waals surface area contributed by atoms with E-state index in [1.807, 2.05) is 23.5 Å². The molecule has 4 aromatic carbocycles. The first-order valence-electron chi connectivity index (χ1n) is 35.9. The number of imide groups is 1. The summed E-state index contributed by atoms with van der Waals surface area (Å²) in [4.78, 5) is 207. The van der Waals surface area contributed by atoms with Gasteiger partial charge in [-0.2, -0.15) is 0 Å². The molecule has 33 nitrogen and oxygen atoms in total. The molecular weight excluding hydrogens is 1410 g/mol. The molecule has 14 amide bonds. The Balaban J connectivity index is 1.29. The minimum Gasteiger partial charge on any atom is -0.481 e. The maximum atomic E-state index is 15.0. The molecule has 12 atom stereocenters. The number of amides is 14. The normalized spacial score (nSPS) is 23.3. The molecule has 108 heavy (non-hydrogen) atoms. The van der Waals surface area contributed by atoms with Gasteiger partial charge in [-0.1, -0.05) is 127 Å². The maximum Gasteiger partial charge on any atom is 0.322 e. The number of carboxylic acids is 1. The first-order valence-corrected chi connectivity index (χ1v) is 36.8. The van der Waals surface area contributed by atoms with Gasteiger partial charge in [0, 0.05) is 53.5 Å². The van der Waals surface area contributed by atoms with E-state index in [0.717, 1.165) is 10.8 Å². The first kappa shape index (κ1) is 84.3. The number of thioether (sulfide) groups is 1. The van der Waals surface area contributed by atoms with Gasteiger partial charge in [-0.05, 0) is 121 Å². The van der Waals surface area contributed by atoms with Gasteiger partial charge in [0.05, 0.1) is 13.0 Å². The third-order valence-corrected chi connectivity index (χ3v) is 19.5. The molecule has 7 rings (SSSR count). The average molecular weight is 1510 g/mol. The van der Waals surface area contributed by atoms with E-state index < -0.39 is 179 Å². The molecule has 0 spiro atoms. The number of aliphatic hydroxyl groups excluding tert-OH is 1. The van der Waals surface area contributed by atoms with Crippen molar-refractivity contribution >= 4 is 127 Å². The van der Waals surface area contributed by atoms with Crippen LogP contribution in [0.4, 0.5) is 9.59 Å². The Hall–Kier alpha value is -11.0. The summed E-state index contributed by atoms with van der Waals surface area (Å²) in [5, 5.41) is 50.8. The smallest absolute Gasteiger partial charge is 0.322 e. The number of carbonyl (C=O) groups is 14. The van der Waals surface area contributed by atoms with E-state index >= 15 is 9.59 Å². The van der Waals surface area contributed by atoms with E-state index in [2.05, 4.69) is 68.5 Å². The quantitative estimate of drug-likeness (QED) is 0.0417. The van der Waals surface area contributed by atoms with E-state index in [1.165, 1.54) is 0 Å². The van der Waals surface area contributed by atoms with Crippen molar-refractivity contribution in [2.45, 2.75) is 178 Å². The number of urea groups is 1. The Kier molecular flexibility index (Phi) is 31.7. The number of carbonyl (C=O) groups excluding carboxylic acids is 13. The zero-order valence-electron chi connectivity index (χ0n) is 61.0. The van der Waals surface area contributed by atoms with Crippen LogP contribution in [-0.4, -0.2) is 188 Å². The lowest BCUT2D eigenvalue weighted by molar-refractivity contribution is -0.141. The number of unbranched alkanes of at least 4 members (excludes halogenated alkanes) is 2. The molecule has 6 aromatic rings. The number of benzene rings is 4. The number of nitrogens with two attached hydrogens (primary N) is 3. The van der Waals surface area contributed by atoms with Gasteiger partial charge in [-0.15, -0.1) is 0 Å². The molecule has 34 heteroatoms. The molecular formula is C74H99N17O16S. The molecule has 1 aliphatic heterocycles. The molecule has 0 radical (unpaired) electrons. The number of hydrogen-bond acceptors (Lipinski definition) is 18. The molecule has 582 valence electrons. The zero-order chi connectivity index (χ0) is 78.9. The highest BCUT2D eigenvalue weighted by atomic mass is 32.2. The number of primary amides is 1. The van der Waals surface area contributed by atoms with Gasteiger partial charge in [-0.3, -0.25) is 67.6 Å². The van der Waals surface area contributed by atoms with Gasteiger partial charge in [0.1, 0.15) is 60.4 Å². The maximum absolute atomic E-state index is 15.0. The van der Waals surface area contributed by atoms with E-state index in [0.29, 0.717) is 44.9 Å². The predicted octanol–water partition coefficient (Wildman–Crippen LogP) is 0.739. The predicted molar refractivity (Wildman–Crippen MR) is 403 cm³/mol. The van der Waals surface area contributed by atoms with E-state index in [9.17, 15) is 67.7 Å². The van der Waals surface area contributed by atoms with Crippen LogP contribution in [0.2, 0.25) is 0 Å². The summed E-state index contributed by atoms with van der Waals surface area (Å²) in [5.41, 5.74) is 20.4. The van der Waals surface area contributed by atoms with Gasteiger partial charge >= 0.3 is 12.0 Å². The highest BCUT2D eigenvalue weighted by Crippen LogP contribution is 2.24. The molecule has 1 saturated heterocycles. The lowest BCUT2D eigenvalue weighted by Gasteiger charge is -2.29. The zero-order valence-corrected chi connectivity index (χ0v) is 61.9. The molecule has 1 unspecified atom stereocenters. The number of para-hydroxylation sites is 2. The molecule has 1 fully saturated rings. The third-order valence-electron chi connectivity index (χ3n) is 18.6. The number of rotatable bonds is 22. The molecule has 1 aliphatic rings. The number of aromatic nitrogens is 2. The van der Waals surface area contributed by atoms with Crippen LogP contribution in [0.25, 0.3) is 32.6 Å². The minimum atomic E-state index is -1.98. The number of aliphatic hydroxyl groups is 1. The van der Waals surface area contributed by atoms with E-state index in [1.54, 1.807) is 127 Å². The van der Waals surface area contributed by atoms with Gasteiger partial charge in [-0.25, -0.2) is 4.79 Å². The molecule has 0 aliphatic carbocycles. The van der Waals surface area contributed by atoms with Crippen LogP contribution < -0.4 is 81.0 Å².